The number of halogens is 1. The second kappa shape index (κ2) is 5.81. The molecule has 0 radical (unpaired) electrons. The normalized spacial score (nSPS) is 11.3. The molecule has 0 unspecified atom stereocenters. The van der Waals surface area contributed by atoms with Crippen molar-refractivity contribution < 1.29 is 4.39 Å². The number of aromatic nitrogens is 2. The molecular weight excluding hydrogens is 323 g/mol. The van der Waals surface area contributed by atoms with Gasteiger partial charge in [-0.05, 0) is 29.7 Å². The van der Waals surface area contributed by atoms with Crippen molar-refractivity contribution in [3.05, 3.63) is 96.8 Å². The Morgan fingerprint density at radius 2 is 1.38 bits per heavy atom. The summed E-state index contributed by atoms with van der Waals surface area (Å²) in [6.07, 6.45) is 0. The third-order valence-corrected chi connectivity index (χ3v) is 4.66. The molecule has 5 aromatic rings. The van der Waals surface area contributed by atoms with Crippen LogP contribution in [0.5, 0.6) is 0 Å². The molecule has 0 aliphatic carbocycles. The van der Waals surface area contributed by atoms with Crippen LogP contribution in [0, 0.1) is 5.82 Å². The Hall–Kier alpha value is -3.46. The maximum Gasteiger partial charge on any atom is 0.123 e. The van der Waals surface area contributed by atoms with Gasteiger partial charge in [0.25, 0.3) is 0 Å². The molecule has 124 valence electrons. The minimum atomic E-state index is -0.241. The summed E-state index contributed by atoms with van der Waals surface area (Å²) in [6.45, 7) is 0. The summed E-state index contributed by atoms with van der Waals surface area (Å²) in [4.78, 5) is 0. The van der Waals surface area contributed by atoms with Crippen molar-refractivity contribution in [2.45, 2.75) is 0 Å². The molecule has 0 saturated carbocycles. The van der Waals surface area contributed by atoms with Crippen molar-refractivity contribution in [1.29, 1.82) is 0 Å². The second-order valence-corrected chi connectivity index (χ2v) is 6.32. The zero-order valence-corrected chi connectivity index (χ0v) is 13.9. The summed E-state index contributed by atoms with van der Waals surface area (Å²) in [5.74, 6) is -0.241. The average molecular weight is 338 g/mol. The van der Waals surface area contributed by atoms with E-state index in [2.05, 4.69) is 18.2 Å². The molecule has 0 bridgehead atoms. The van der Waals surface area contributed by atoms with E-state index < -0.39 is 0 Å². The molecule has 0 N–H and O–H groups in total. The standard InChI is InChI=1S/C23H15FN2/c24-19-12-11-18-13-22(17-9-5-2-6-10-17)26-23(20(18)14-19)15-21(25-26)16-7-3-1-4-8-16/h1-15H. The molecule has 3 aromatic carbocycles. The van der Waals surface area contributed by atoms with E-state index in [4.69, 9.17) is 5.10 Å². The monoisotopic (exact) mass is 338 g/mol. The number of rotatable bonds is 2. The summed E-state index contributed by atoms with van der Waals surface area (Å²) in [5, 5.41) is 6.69. The summed E-state index contributed by atoms with van der Waals surface area (Å²) in [6, 6.07) is 29.2. The van der Waals surface area contributed by atoms with E-state index in [1.165, 1.54) is 6.07 Å². The lowest BCUT2D eigenvalue weighted by Gasteiger charge is -2.09. The van der Waals surface area contributed by atoms with Crippen LogP contribution in [0.4, 0.5) is 4.39 Å². The molecule has 26 heavy (non-hydrogen) atoms. The van der Waals surface area contributed by atoms with Crippen LogP contribution >= 0.6 is 0 Å². The van der Waals surface area contributed by atoms with Gasteiger partial charge in [0.1, 0.15) is 5.82 Å². The molecule has 2 aromatic heterocycles. The van der Waals surface area contributed by atoms with E-state index in [0.717, 1.165) is 38.8 Å². The Morgan fingerprint density at radius 1 is 0.692 bits per heavy atom. The molecule has 0 amide bonds. The summed E-state index contributed by atoms with van der Waals surface area (Å²) < 4.78 is 15.8. The zero-order chi connectivity index (χ0) is 17.5. The van der Waals surface area contributed by atoms with Crippen LogP contribution in [0.15, 0.2) is 91.0 Å². The third-order valence-electron chi connectivity index (χ3n) is 4.66. The predicted molar refractivity (Wildman–Crippen MR) is 104 cm³/mol. The molecule has 3 heteroatoms. The van der Waals surface area contributed by atoms with Gasteiger partial charge in [0.2, 0.25) is 0 Å². The van der Waals surface area contributed by atoms with E-state index in [-0.39, 0.29) is 5.82 Å². The van der Waals surface area contributed by atoms with Crippen molar-refractivity contribution in [3.8, 4) is 22.5 Å². The molecule has 2 heterocycles. The summed E-state index contributed by atoms with van der Waals surface area (Å²) >= 11 is 0. The van der Waals surface area contributed by atoms with Crippen LogP contribution in [-0.4, -0.2) is 9.61 Å². The molecule has 5 rings (SSSR count). The molecule has 2 nitrogen and oxygen atoms in total. The first-order valence-corrected chi connectivity index (χ1v) is 8.52. The van der Waals surface area contributed by atoms with Gasteiger partial charge in [-0.3, -0.25) is 0 Å². The fraction of sp³-hybridized carbons (Fsp3) is 0. The van der Waals surface area contributed by atoms with Crippen molar-refractivity contribution in [2.75, 3.05) is 0 Å². The smallest absolute Gasteiger partial charge is 0.123 e. The summed E-state index contributed by atoms with van der Waals surface area (Å²) in [7, 11) is 0. The van der Waals surface area contributed by atoms with Crippen molar-refractivity contribution in [2.24, 2.45) is 0 Å². The average Bonchev–Trinajstić information content (AvgIpc) is 3.15. The van der Waals surface area contributed by atoms with Crippen molar-refractivity contribution in [1.82, 2.24) is 9.61 Å². The van der Waals surface area contributed by atoms with Gasteiger partial charge in [-0.25, -0.2) is 8.91 Å². The lowest BCUT2D eigenvalue weighted by atomic mass is 10.1. The first-order valence-electron chi connectivity index (χ1n) is 8.52. The van der Waals surface area contributed by atoms with Gasteiger partial charge in [-0.15, -0.1) is 0 Å². The minimum Gasteiger partial charge on any atom is -0.232 e. The van der Waals surface area contributed by atoms with Gasteiger partial charge in [0.15, 0.2) is 0 Å². The number of pyridine rings is 1. The Kier molecular flexibility index (Phi) is 3.32. The first-order chi connectivity index (χ1) is 12.8. The van der Waals surface area contributed by atoms with E-state index in [1.807, 2.05) is 65.2 Å². The maximum atomic E-state index is 13.9. The Labute approximate surface area is 150 Å². The van der Waals surface area contributed by atoms with Crippen LogP contribution < -0.4 is 0 Å². The maximum absolute atomic E-state index is 13.9. The first kappa shape index (κ1) is 14.8. The van der Waals surface area contributed by atoms with Gasteiger partial charge in [0.05, 0.1) is 16.9 Å². The van der Waals surface area contributed by atoms with Gasteiger partial charge >= 0.3 is 0 Å². The highest BCUT2D eigenvalue weighted by atomic mass is 19.1. The van der Waals surface area contributed by atoms with Gasteiger partial charge < -0.3 is 0 Å². The van der Waals surface area contributed by atoms with Crippen molar-refractivity contribution in [3.63, 3.8) is 0 Å². The highest BCUT2D eigenvalue weighted by Gasteiger charge is 2.13. The van der Waals surface area contributed by atoms with Gasteiger partial charge in [-0.1, -0.05) is 66.7 Å². The number of fused-ring (bicyclic) bond motifs is 3. The molecule has 0 saturated heterocycles. The fourth-order valence-electron chi connectivity index (χ4n) is 3.41. The Bertz CT molecular complexity index is 1230. The fourth-order valence-corrected chi connectivity index (χ4v) is 3.41. The Balaban J connectivity index is 1.89. The number of hydrogen-bond donors (Lipinski definition) is 0. The van der Waals surface area contributed by atoms with Crippen molar-refractivity contribution >= 4 is 16.3 Å². The molecule has 0 spiro atoms. The quantitative estimate of drug-likeness (QED) is 0.388. The van der Waals surface area contributed by atoms with E-state index in [1.54, 1.807) is 6.07 Å². The number of benzene rings is 3. The van der Waals surface area contributed by atoms with E-state index in [9.17, 15) is 4.39 Å². The molecular formula is C23H15FN2. The highest BCUT2D eigenvalue weighted by Crippen LogP contribution is 2.31. The molecule has 0 aliphatic heterocycles. The lowest BCUT2D eigenvalue weighted by Crippen LogP contribution is -1.95. The van der Waals surface area contributed by atoms with Crippen LogP contribution in [0.3, 0.4) is 0 Å². The second-order valence-electron chi connectivity index (χ2n) is 6.32. The highest BCUT2D eigenvalue weighted by molar-refractivity contribution is 5.99. The largest absolute Gasteiger partial charge is 0.232 e. The van der Waals surface area contributed by atoms with Gasteiger partial charge in [0, 0.05) is 16.5 Å². The lowest BCUT2D eigenvalue weighted by molar-refractivity contribution is 0.630. The predicted octanol–water partition coefficient (Wildman–Crippen LogP) is 5.96. The topological polar surface area (TPSA) is 17.3 Å². The zero-order valence-electron chi connectivity index (χ0n) is 13.9. The summed E-state index contributed by atoms with van der Waals surface area (Å²) in [5.41, 5.74) is 4.88. The van der Waals surface area contributed by atoms with E-state index >= 15 is 0 Å². The van der Waals surface area contributed by atoms with Crippen LogP contribution in [0.2, 0.25) is 0 Å². The molecule has 0 aliphatic rings. The van der Waals surface area contributed by atoms with Gasteiger partial charge in [-0.2, -0.15) is 5.10 Å². The third kappa shape index (κ3) is 2.37. The number of nitrogens with zero attached hydrogens (tertiary/aromatic N) is 2. The minimum absolute atomic E-state index is 0.241. The SMILES string of the molecule is Fc1ccc2cc(-c3ccccc3)n3nc(-c4ccccc4)cc3c2c1. The van der Waals surface area contributed by atoms with Crippen LogP contribution in [0.25, 0.3) is 38.8 Å². The van der Waals surface area contributed by atoms with Crippen LogP contribution in [-0.2, 0) is 0 Å². The molecule has 0 fully saturated rings. The Morgan fingerprint density at radius 3 is 2.12 bits per heavy atom. The van der Waals surface area contributed by atoms with E-state index in [0.29, 0.717) is 0 Å². The van der Waals surface area contributed by atoms with Crippen LogP contribution in [0.1, 0.15) is 0 Å². The molecule has 0 atom stereocenters. The number of hydrogen-bond acceptors (Lipinski definition) is 1.